The molecule has 2 rings (SSSR count). The summed E-state index contributed by atoms with van der Waals surface area (Å²) in [5.74, 6) is 0.686. The predicted molar refractivity (Wildman–Crippen MR) is 84.9 cm³/mol. The van der Waals surface area contributed by atoms with E-state index in [1.807, 2.05) is 0 Å². The molecular formula is C17H25BrO. The number of fused-ring (bicyclic) bond motifs is 1. The summed E-state index contributed by atoms with van der Waals surface area (Å²) in [5.41, 5.74) is 2.98. The van der Waals surface area contributed by atoms with Gasteiger partial charge >= 0.3 is 0 Å². The lowest BCUT2D eigenvalue weighted by atomic mass is 9.94. The maximum atomic E-state index is 5.89. The Morgan fingerprint density at radius 1 is 1.26 bits per heavy atom. The Labute approximate surface area is 125 Å². The van der Waals surface area contributed by atoms with Gasteiger partial charge in [-0.3, -0.25) is 0 Å². The first-order chi connectivity index (χ1) is 8.97. The van der Waals surface area contributed by atoms with Gasteiger partial charge in [0.25, 0.3) is 0 Å². The predicted octanol–water partition coefficient (Wildman–Crippen LogP) is 5.28. The van der Waals surface area contributed by atoms with Crippen LogP contribution in [0.3, 0.4) is 0 Å². The fourth-order valence-electron chi connectivity index (χ4n) is 2.79. The largest absolute Gasteiger partial charge is 0.376 e. The average molecular weight is 325 g/mol. The SMILES string of the molecule is CC(C)(C)OCCC1CCCc2ccccc2C1Br. The first-order valence-corrected chi connectivity index (χ1v) is 8.25. The number of ether oxygens (including phenoxy) is 1. The molecule has 0 saturated carbocycles. The zero-order valence-corrected chi connectivity index (χ0v) is 13.9. The van der Waals surface area contributed by atoms with Gasteiger partial charge in [0.1, 0.15) is 0 Å². The van der Waals surface area contributed by atoms with Crippen LogP contribution in [0.1, 0.15) is 56.0 Å². The van der Waals surface area contributed by atoms with Crippen molar-refractivity contribution in [2.75, 3.05) is 6.61 Å². The quantitative estimate of drug-likeness (QED) is 0.543. The Morgan fingerprint density at radius 2 is 2.00 bits per heavy atom. The molecule has 1 aromatic rings. The minimum Gasteiger partial charge on any atom is -0.376 e. The normalized spacial score (nSPS) is 23.8. The lowest BCUT2D eigenvalue weighted by molar-refractivity contribution is -0.00964. The van der Waals surface area contributed by atoms with Crippen molar-refractivity contribution in [3.63, 3.8) is 0 Å². The number of aryl methyl sites for hydroxylation is 1. The van der Waals surface area contributed by atoms with E-state index in [1.165, 1.54) is 30.4 Å². The van der Waals surface area contributed by atoms with Gasteiger partial charge in [-0.05, 0) is 63.5 Å². The van der Waals surface area contributed by atoms with Crippen molar-refractivity contribution in [2.24, 2.45) is 5.92 Å². The second-order valence-electron chi connectivity index (χ2n) is 6.50. The monoisotopic (exact) mass is 324 g/mol. The molecule has 0 aromatic heterocycles. The zero-order chi connectivity index (χ0) is 13.9. The molecule has 0 radical (unpaired) electrons. The minimum atomic E-state index is -0.0234. The van der Waals surface area contributed by atoms with E-state index in [2.05, 4.69) is 61.0 Å². The van der Waals surface area contributed by atoms with E-state index in [-0.39, 0.29) is 5.60 Å². The van der Waals surface area contributed by atoms with Crippen molar-refractivity contribution in [3.8, 4) is 0 Å². The molecule has 0 N–H and O–H groups in total. The van der Waals surface area contributed by atoms with Gasteiger partial charge < -0.3 is 4.74 Å². The molecule has 1 aliphatic carbocycles. The highest BCUT2D eigenvalue weighted by Gasteiger charge is 2.25. The number of alkyl halides is 1. The van der Waals surface area contributed by atoms with Crippen LogP contribution in [0, 0.1) is 5.92 Å². The van der Waals surface area contributed by atoms with Crippen LogP contribution >= 0.6 is 15.9 Å². The van der Waals surface area contributed by atoms with Crippen molar-refractivity contribution in [3.05, 3.63) is 35.4 Å². The molecule has 0 saturated heterocycles. The number of hydrogen-bond donors (Lipinski definition) is 0. The first-order valence-electron chi connectivity index (χ1n) is 7.33. The van der Waals surface area contributed by atoms with Gasteiger partial charge in [-0.25, -0.2) is 0 Å². The molecule has 0 fully saturated rings. The summed E-state index contributed by atoms with van der Waals surface area (Å²) in [7, 11) is 0. The average Bonchev–Trinajstić information content (AvgIpc) is 2.49. The molecule has 19 heavy (non-hydrogen) atoms. The van der Waals surface area contributed by atoms with E-state index in [1.54, 1.807) is 0 Å². The van der Waals surface area contributed by atoms with E-state index in [9.17, 15) is 0 Å². The smallest absolute Gasteiger partial charge is 0.0598 e. The van der Waals surface area contributed by atoms with E-state index >= 15 is 0 Å². The van der Waals surface area contributed by atoms with E-state index in [0.29, 0.717) is 10.7 Å². The third kappa shape index (κ3) is 4.32. The maximum Gasteiger partial charge on any atom is 0.0598 e. The lowest BCUT2D eigenvalue weighted by Crippen LogP contribution is -2.21. The summed E-state index contributed by atoms with van der Waals surface area (Å²) in [6, 6.07) is 8.86. The molecule has 1 aliphatic rings. The summed E-state index contributed by atoms with van der Waals surface area (Å²) in [6.07, 6.45) is 4.94. The van der Waals surface area contributed by atoms with Gasteiger partial charge in [-0.1, -0.05) is 40.2 Å². The molecule has 2 heteroatoms. The fourth-order valence-corrected chi connectivity index (χ4v) is 3.77. The van der Waals surface area contributed by atoms with Crippen molar-refractivity contribution in [1.29, 1.82) is 0 Å². The molecular weight excluding hydrogens is 300 g/mol. The lowest BCUT2D eigenvalue weighted by Gasteiger charge is -2.25. The van der Waals surface area contributed by atoms with E-state index in [4.69, 9.17) is 4.74 Å². The van der Waals surface area contributed by atoms with Gasteiger partial charge in [0.15, 0.2) is 0 Å². The van der Waals surface area contributed by atoms with Crippen molar-refractivity contribution < 1.29 is 4.74 Å². The van der Waals surface area contributed by atoms with Crippen molar-refractivity contribution >= 4 is 15.9 Å². The van der Waals surface area contributed by atoms with Crippen molar-refractivity contribution in [1.82, 2.24) is 0 Å². The molecule has 2 atom stereocenters. The Balaban J connectivity index is 1.99. The van der Waals surface area contributed by atoms with Crippen LogP contribution in [0.5, 0.6) is 0 Å². The molecule has 1 aromatic carbocycles. The summed E-state index contributed by atoms with van der Waals surface area (Å²) in [4.78, 5) is 0.481. The highest BCUT2D eigenvalue weighted by atomic mass is 79.9. The molecule has 0 heterocycles. The summed E-state index contributed by atoms with van der Waals surface area (Å²) >= 11 is 3.93. The minimum absolute atomic E-state index is 0.0234. The summed E-state index contributed by atoms with van der Waals surface area (Å²) in [5, 5.41) is 0. The Kier molecular flexibility index (Phi) is 5.08. The molecule has 0 spiro atoms. The molecule has 0 amide bonds. The van der Waals surface area contributed by atoms with Crippen LogP contribution in [-0.4, -0.2) is 12.2 Å². The molecule has 0 bridgehead atoms. The first kappa shape index (κ1) is 15.1. The number of rotatable bonds is 3. The summed E-state index contributed by atoms with van der Waals surface area (Å²) in [6.45, 7) is 7.24. The van der Waals surface area contributed by atoms with Crippen LogP contribution in [0.4, 0.5) is 0 Å². The number of halogens is 1. The van der Waals surface area contributed by atoms with Crippen LogP contribution < -0.4 is 0 Å². The molecule has 106 valence electrons. The van der Waals surface area contributed by atoms with Crippen LogP contribution in [0.2, 0.25) is 0 Å². The fraction of sp³-hybridized carbons (Fsp3) is 0.647. The second kappa shape index (κ2) is 6.41. The van der Waals surface area contributed by atoms with Gasteiger partial charge in [-0.15, -0.1) is 0 Å². The number of hydrogen-bond acceptors (Lipinski definition) is 1. The molecule has 1 nitrogen and oxygen atoms in total. The Hall–Kier alpha value is -0.340. The van der Waals surface area contributed by atoms with E-state index in [0.717, 1.165) is 13.0 Å². The highest BCUT2D eigenvalue weighted by Crippen LogP contribution is 2.40. The molecule has 0 aliphatic heterocycles. The Morgan fingerprint density at radius 3 is 2.74 bits per heavy atom. The van der Waals surface area contributed by atoms with Gasteiger partial charge in [0, 0.05) is 11.4 Å². The van der Waals surface area contributed by atoms with Crippen molar-refractivity contribution in [2.45, 2.75) is 56.9 Å². The summed E-state index contributed by atoms with van der Waals surface area (Å²) < 4.78 is 5.89. The zero-order valence-electron chi connectivity index (χ0n) is 12.3. The van der Waals surface area contributed by atoms with Crippen LogP contribution in [-0.2, 0) is 11.2 Å². The third-order valence-corrected chi connectivity index (χ3v) is 5.05. The number of benzene rings is 1. The van der Waals surface area contributed by atoms with Gasteiger partial charge in [0.2, 0.25) is 0 Å². The van der Waals surface area contributed by atoms with E-state index < -0.39 is 0 Å². The Bertz CT molecular complexity index is 408. The van der Waals surface area contributed by atoms with Crippen LogP contribution in [0.15, 0.2) is 24.3 Å². The third-order valence-electron chi connectivity index (χ3n) is 3.81. The van der Waals surface area contributed by atoms with Crippen LogP contribution in [0.25, 0.3) is 0 Å². The van der Waals surface area contributed by atoms with Gasteiger partial charge in [-0.2, -0.15) is 0 Å². The highest BCUT2D eigenvalue weighted by molar-refractivity contribution is 9.09. The van der Waals surface area contributed by atoms with Gasteiger partial charge in [0.05, 0.1) is 5.60 Å². The topological polar surface area (TPSA) is 9.23 Å². The maximum absolute atomic E-state index is 5.89. The molecule has 2 unspecified atom stereocenters. The second-order valence-corrected chi connectivity index (χ2v) is 7.49. The standard InChI is InChI=1S/C17H25BrO/c1-17(2,3)19-12-11-14-9-6-8-13-7-4-5-10-15(13)16(14)18/h4-5,7,10,14,16H,6,8-9,11-12H2,1-3H3.